The maximum absolute atomic E-state index is 12.8. The number of fused-ring (bicyclic) bond motifs is 1. The Hall–Kier alpha value is -2.52. The number of halogens is 4. The van der Waals surface area contributed by atoms with Gasteiger partial charge in [0.25, 0.3) is 5.91 Å². The fraction of sp³-hybridized carbons (Fsp3) is 0.294. The molecule has 1 amide bonds. The predicted octanol–water partition coefficient (Wildman–Crippen LogP) is 3.59. The zero-order valence-corrected chi connectivity index (χ0v) is 16.2. The summed E-state index contributed by atoms with van der Waals surface area (Å²) in [4.78, 5) is 18.4. The van der Waals surface area contributed by atoms with Gasteiger partial charge in [0.15, 0.2) is 11.5 Å². The third kappa shape index (κ3) is 4.00. The molecule has 3 rings (SSSR count). The van der Waals surface area contributed by atoms with Crippen molar-refractivity contribution in [3.63, 3.8) is 0 Å². The summed E-state index contributed by atoms with van der Waals surface area (Å²) in [6.45, 7) is -0.866. The van der Waals surface area contributed by atoms with Gasteiger partial charge in [0.2, 0.25) is 0 Å². The molecule has 0 fully saturated rings. The summed E-state index contributed by atoms with van der Waals surface area (Å²) in [5.41, 5.74) is 0.365. The van der Waals surface area contributed by atoms with Crippen molar-refractivity contribution in [3.05, 3.63) is 45.5 Å². The predicted molar refractivity (Wildman–Crippen MR) is 98.0 cm³/mol. The topological polar surface area (TPSA) is 76.3 Å². The zero-order valence-electron chi connectivity index (χ0n) is 14.7. The summed E-state index contributed by atoms with van der Waals surface area (Å²) in [5, 5.41) is 9.28. The van der Waals surface area contributed by atoms with Crippen LogP contribution in [0.5, 0.6) is 11.5 Å². The van der Waals surface area contributed by atoms with Crippen LogP contribution in [0, 0.1) is 0 Å². The molecule has 2 aromatic rings. The molecule has 11 heteroatoms. The van der Waals surface area contributed by atoms with Crippen LogP contribution in [0.4, 0.5) is 14.5 Å². The molecule has 0 radical (unpaired) electrons. The molecule has 0 spiro atoms. The quantitative estimate of drug-likeness (QED) is 0.748. The van der Waals surface area contributed by atoms with Gasteiger partial charge in [-0.05, 0) is 19.1 Å². The van der Waals surface area contributed by atoms with Crippen molar-refractivity contribution in [2.24, 2.45) is 4.99 Å². The zero-order chi connectivity index (χ0) is 20.6. The van der Waals surface area contributed by atoms with Gasteiger partial charge in [-0.2, -0.15) is 13.5 Å². The van der Waals surface area contributed by atoms with Crippen LogP contribution in [0.15, 0.2) is 29.5 Å². The summed E-state index contributed by atoms with van der Waals surface area (Å²) in [6, 6.07) is 2.53. The Bertz CT molecular complexity index is 971. The van der Waals surface area contributed by atoms with Crippen LogP contribution in [0.3, 0.4) is 0 Å². The van der Waals surface area contributed by atoms with Crippen molar-refractivity contribution in [3.8, 4) is 11.5 Å². The third-order valence-electron chi connectivity index (χ3n) is 3.93. The number of amides is 1. The molecular formula is C17H15Cl2F2N3O4. The molecule has 1 aliphatic heterocycles. The molecule has 1 N–H and O–H groups in total. The lowest BCUT2D eigenvalue weighted by molar-refractivity contribution is -0.0520. The second-order valence-electron chi connectivity index (χ2n) is 6.08. The van der Waals surface area contributed by atoms with Crippen LogP contribution in [-0.2, 0) is 0 Å². The highest BCUT2D eigenvalue weighted by molar-refractivity contribution is 6.34. The number of rotatable bonds is 3. The summed E-state index contributed by atoms with van der Waals surface area (Å²) in [5.74, 6) is -0.873. The monoisotopic (exact) mass is 433 g/mol. The minimum absolute atomic E-state index is 0.0288. The largest absolute Gasteiger partial charge is 0.483 e. The molecule has 28 heavy (non-hydrogen) atoms. The number of pyridine rings is 1. The standard InChI is InChI=1S/C17H15Cl2F2N3O4/c1-8-5-23(2)14-9(3-4-12(15(14)27-8)28-17(20)21)16(25)22-13-10(18)6-24(26)7-11(13)19/h3-4,6-8,17,26H,5H2,1-2H3/t8-/m1/s1. The van der Waals surface area contributed by atoms with Crippen LogP contribution < -0.4 is 19.7 Å². The second-order valence-corrected chi connectivity index (χ2v) is 6.89. The number of carbonyl (C=O) groups is 1. The Morgan fingerprint density at radius 1 is 1.36 bits per heavy atom. The molecule has 0 unspecified atom stereocenters. The number of benzene rings is 1. The van der Waals surface area contributed by atoms with E-state index in [0.717, 1.165) is 12.4 Å². The number of alkyl halides is 2. The Labute approximate surface area is 168 Å². The fourth-order valence-electron chi connectivity index (χ4n) is 2.90. The van der Waals surface area contributed by atoms with Gasteiger partial charge in [-0.25, -0.2) is 4.99 Å². The molecule has 1 aromatic carbocycles. The first-order valence-corrected chi connectivity index (χ1v) is 8.78. The van der Waals surface area contributed by atoms with Crippen LogP contribution in [0.2, 0.25) is 10.0 Å². The van der Waals surface area contributed by atoms with Crippen molar-refractivity contribution in [1.29, 1.82) is 0 Å². The smallest absolute Gasteiger partial charge is 0.387 e. The van der Waals surface area contributed by atoms with Crippen molar-refractivity contribution < 1.29 is 28.3 Å². The van der Waals surface area contributed by atoms with E-state index in [9.17, 15) is 18.8 Å². The summed E-state index contributed by atoms with van der Waals surface area (Å²) in [6.07, 6.45) is 1.93. The van der Waals surface area contributed by atoms with Crippen molar-refractivity contribution in [2.45, 2.75) is 19.6 Å². The number of hydrogen-bond donors (Lipinski definition) is 1. The van der Waals surface area contributed by atoms with Crippen molar-refractivity contribution >= 4 is 34.8 Å². The lowest BCUT2D eigenvalue weighted by Gasteiger charge is -2.34. The van der Waals surface area contributed by atoms with E-state index in [-0.39, 0.29) is 44.3 Å². The highest BCUT2D eigenvalue weighted by atomic mass is 35.5. The molecule has 0 aliphatic carbocycles. The molecule has 1 aliphatic rings. The highest BCUT2D eigenvalue weighted by Crippen LogP contribution is 2.44. The van der Waals surface area contributed by atoms with Gasteiger partial charge in [-0.15, -0.1) is 0 Å². The van der Waals surface area contributed by atoms with E-state index in [2.05, 4.69) is 9.73 Å². The highest BCUT2D eigenvalue weighted by Gasteiger charge is 2.30. The van der Waals surface area contributed by atoms with Gasteiger partial charge in [0, 0.05) is 7.05 Å². The molecule has 1 aromatic heterocycles. The van der Waals surface area contributed by atoms with Gasteiger partial charge in [-0.3, -0.25) is 4.79 Å². The van der Waals surface area contributed by atoms with Crippen LogP contribution >= 0.6 is 23.2 Å². The van der Waals surface area contributed by atoms with Crippen molar-refractivity contribution in [2.75, 3.05) is 18.5 Å². The first-order chi connectivity index (χ1) is 13.2. The molecule has 0 saturated carbocycles. The number of ether oxygens (including phenoxy) is 2. The normalized spacial score (nSPS) is 15.8. The molecule has 0 saturated heterocycles. The lowest BCUT2D eigenvalue weighted by atomic mass is 10.1. The number of hydrogen-bond acceptors (Lipinski definition) is 5. The van der Waals surface area contributed by atoms with E-state index >= 15 is 0 Å². The molecule has 0 bridgehead atoms. The minimum atomic E-state index is -3.05. The van der Waals surface area contributed by atoms with Gasteiger partial charge in [0.1, 0.15) is 11.5 Å². The fourth-order valence-corrected chi connectivity index (χ4v) is 3.43. The van der Waals surface area contributed by atoms with E-state index in [1.165, 1.54) is 12.1 Å². The number of likely N-dealkylation sites (N-methyl/N-ethyl adjacent to an activating group) is 1. The van der Waals surface area contributed by atoms with E-state index in [4.69, 9.17) is 27.9 Å². The Kier molecular flexibility index (Phi) is 5.66. The maximum atomic E-state index is 12.8. The van der Waals surface area contributed by atoms with Crippen LogP contribution in [0.25, 0.3) is 0 Å². The second kappa shape index (κ2) is 7.84. The van der Waals surface area contributed by atoms with Gasteiger partial charge in [-0.1, -0.05) is 23.2 Å². The summed E-state index contributed by atoms with van der Waals surface area (Å²) < 4.78 is 36.3. The van der Waals surface area contributed by atoms with Gasteiger partial charge < -0.3 is 19.6 Å². The van der Waals surface area contributed by atoms with Gasteiger partial charge >= 0.3 is 6.61 Å². The number of anilines is 1. The Morgan fingerprint density at radius 2 is 2.00 bits per heavy atom. The first-order valence-electron chi connectivity index (χ1n) is 8.02. The number of nitrogens with zero attached hydrogens (tertiary/aromatic N) is 3. The SMILES string of the molecule is C[C@@H]1CN(C)c2c(C(=O)N=c3c(Cl)cn(O)cc3Cl)ccc(OC(F)F)c2O1. The Balaban J connectivity index is 2.14. The first kappa shape index (κ1) is 20.2. The number of carbonyl (C=O) groups excluding carboxylic acids is 1. The van der Waals surface area contributed by atoms with Crippen LogP contribution in [-0.4, -0.2) is 42.2 Å². The molecule has 150 valence electrons. The minimum Gasteiger partial charge on any atom is -0.483 e. The van der Waals surface area contributed by atoms with E-state index < -0.39 is 12.5 Å². The maximum Gasteiger partial charge on any atom is 0.387 e. The molecule has 1 atom stereocenters. The Morgan fingerprint density at radius 3 is 2.61 bits per heavy atom. The third-order valence-corrected chi connectivity index (χ3v) is 4.48. The molecular weight excluding hydrogens is 419 g/mol. The van der Waals surface area contributed by atoms with E-state index in [1.807, 2.05) is 0 Å². The van der Waals surface area contributed by atoms with Gasteiger partial charge in [0.05, 0.1) is 40.2 Å². The van der Waals surface area contributed by atoms with Crippen molar-refractivity contribution in [1.82, 2.24) is 4.73 Å². The lowest BCUT2D eigenvalue weighted by Crippen LogP contribution is -2.37. The summed E-state index contributed by atoms with van der Waals surface area (Å²) in [7, 11) is 1.69. The van der Waals surface area contributed by atoms with E-state index in [1.54, 1.807) is 18.9 Å². The summed E-state index contributed by atoms with van der Waals surface area (Å²) >= 11 is 12.0. The molecule has 7 nitrogen and oxygen atoms in total. The number of aromatic nitrogens is 1. The van der Waals surface area contributed by atoms with E-state index in [0.29, 0.717) is 11.3 Å². The average molecular weight is 434 g/mol. The molecule has 2 heterocycles. The average Bonchev–Trinajstić information content (AvgIpc) is 2.57. The van der Waals surface area contributed by atoms with Crippen LogP contribution in [0.1, 0.15) is 17.3 Å².